The lowest BCUT2D eigenvalue weighted by Crippen LogP contribution is -2.44. The first kappa shape index (κ1) is 18.1. The Bertz CT molecular complexity index is 645. The van der Waals surface area contributed by atoms with Gasteiger partial charge in [-0.1, -0.05) is 18.2 Å². The Labute approximate surface area is 142 Å². The number of aliphatic carboxylic acids is 1. The summed E-state index contributed by atoms with van der Waals surface area (Å²) in [5.41, 5.74) is 0.824. The van der Waals surface area contributed by atoms with E-state index in [9.17, 15) is 14.7 Å². The number of carboxylic acids is 1. The summed E-state index contributed by atoms with van der Waals surface area (Å²) in [7, 11) is 0. The van der Waals surface area contributed by atoms with Crippen molar-refractivity contribution in [3.8, 4) is 5.75 Å². The van der Waals surface area contributed by atoms with Crippen LogP contribution >= 0.6 is 0 Å². The van der Waals surface area contributed by atoms with Gasteiger partial charge in [-0.3, -0.25) is 0 Å². The van der Waals surface area contributed by atoms with Crippen molar-refractivity contribution < 1.29 is 24.2 Å². The number of carbonyl (C=O) groups is 2. The molecule has 0 saturated heterocycles. The van der Waals surface area contributed by atoms with Gasteiger partial charge in [0, 0.05) is 12.8 Å². The number of hydrogen-bond acceptors (Lipinski definition) is 4. The largest absolute Gasteiger partial charge is 0.487 e. The highest BCUT2D eigenvalue weighted by Gasteiger charge is 2.33. The highest BCUT2D eigenvalue weighted by atomic mass is 16.6. The summed E-state index contributed by atoms with van der Waals surface area (Å²) in [5.74, 6) is -0.393. The maximum atomic E-state index is 11.9. The van der Waals surface area contributed by atoms with Gasteiger partial charge >= 0.3 is 12.1 Å². The van der Waals surface area contributed by atoms with E-state index in [1.165, 1.54) is 0 Å². The zero-order valence-corrected chi connectivity index (χ0v) is 14.8. The second kappa shape index (κ2) is 6.34. The van der Waals surface area contributed by atoms with Crippen molar-refractivity contribution in [2.75, 3.05) is 0 Å². The van der Waals surface area contributed by atoms with Crippen molar-refractivity contribution in [3.05, 3.63) is 29.3 Å². The van der Waals surface area contributed by atoms with E-state index >= 15 is 0 Å². The van der Waals surface area contributed by atoms with E-state index in [0.717, 1.165) is 23.3 Å². The number of rotatable bonds is 4. The minimum atomic E-state index is -1.12. The normalized spacial score (nSPS) is 16.7. The third-order valence-corrected chi connectivity index (χ3v) is 3.59. The van der Waals surface area contributed by atoms with Crippen LogP contribution in [0.3, 0.4) is 0 Å². The molecule has 0 aromatic heterocycles. The highest BCUT2D eigenvalue weighted by molar-refractivity contribution is 5.80. The quantitative estimate of drug-likeness (QED) is 0.884. The van der Waals surface area contributed by atoms with E-state index in [1.807, 2.05) is 32.0 Å². The van der Waals surface area contributed by atoms with Gasteiger partial charge < -0.3 is 19.9 Å². The van der Waals surface area contributed by atoms with E-state index < -0.39 is 23.7 Å². The summed E-state index contributed by atoms with van der Waals surface area (Å²) >= 11 is 0. The number of amides is 1. The molecule has 0 aliphatic carbocycles. The molecule has 132 valence electrons. The Morgan fingerprint density at radius 1 is 1.38 bits per heavy atom. The van der Waals surface area contributed by atoms with Crippen molar-refractivity contribution in [2.24, 2.45) is 0 Å². The monoisotopic (exact) mass is 335 g/mol. The number of ether oxygens (including phenoxy) is 2. The Balaban J connectivity index is 2.14. The molecule has 1 heterocycles. The fourth-order valence-electron chi connectivity index (χ4n) is 2.71. The molecule has 1 aromatic rings. The van der Waals surface area contributed by atoms with Crippen LogP contribution in [-0.4, -0.2) is 34.4 Å². The maximum Gasteiger partial charge on any atom is 0.408 e. The first-order valence-electron chi connectivity index (χ1n) is 7.99. The van der Waals surface area contributed by atoms with E-state index in [1.54, 1.807) is 20.8 Å². The highest BCUT2D eigenvalue weighted by Crippen LogP contribution is 2.38. The lowest BCUT2D eigenvalue weighted by Gasteiger charge is -2.23. The summed E-state index contributed by atoms with van der Waals surface area (Å²) < 4.78 is 11.1. The van der Waals surface area contributed by atoms with Crippen LogP contribution in [0.5, 0.6) is 5.75 Å². The zero-order valence-electron chi connectivity index (χ0n) is 14.8. The molecule has 1 unspecified atom stereocenters. The van der Waals surface area contributed by atoms with Crippen LogP contribution in [0.1, 0.15) is 45.7 Å². The second-order valence-electron chi connectivity index (χ2n) is 7.69. The molecule has 0 radical (unpaired) electrons. The average Bonchev–Trinajstić information content (AvgIpc) is 2.70. The molecule has 1 amide bonds. The van der Waals surface area contributed by atoms with Gasteiger partial charge in [0.25, 0.3) is 0 Å². The van der Waals surface area contributed by atoms with Gasteiger partial charge in [0.1, 0.15) is 23.0 Å². The van der Waals surface area contributed by atoms with Crippen LogP contribution in [-0.2, 0) is 22.4 Å². The number of fused-ring (bicyclic) bond motifs is 1. The molecule has 1 aliphatic rings. The molecule has 2 rings (SSSR count). The molecule has 1 aliphatic heterocycles. The molecule has 6 nitrogen and oxygen atoms in total. The summed E-state index contributed by atoms with van der Waals surface area (Å²) in [6.07, 6.45) is 0.157. The van der Waals surface area contributed by atoms with E-state index in [4.69, 9.17) is 9.47 Å². The molecular formula is C18H25NO5. The van der Waals surface area contributed by atoms with Gasteiger partial charge in [0.2, 0.25) is 0 Å². The number of benzene rings is 1. The number of carbonyl (C=O) groups excluding carboxylic acids is 1. The topological polar surface area (TPSA) is 84.9 Å². The van der Waals surface area contributed by atoms with Crippen molar-refractivity contribution >= 4 is 12.1 Å². The molecule has 0 bridgehead atoms. The summed E-state index contributed by atoms with van der Waals surface area (Å²) in [5, 5.41) is 11.8. The third-order valence-electron chi connectivity index (χ3n) is 3.59. The molecule has 2 N–H and O–H groups in total. The minimum Gasteiger partial charge on any atom is -0.487 e. The van der Waals surface area contributed by atoms with Gasteiger partial charge in [-0.05, 0) is 45.7 Å². The fourth-order valence-corrected chi connectivity index (χ4v) is 2.71. The SMILES string of the molecule is CC(C)(C)OC(=O)NC(Cc1cccc2c1OC(C)(C)C2)C(=O)O. The number of para-hydroxylation sites is 1. The lowest BCUT2D eigenvalue weighted by atomic mass is 9.98. The summed E-state index contributed by atoms with van der Waals surface area (Å²) in [6, 6.07) is 4.60. The van der Waals surface area contributed by atoms with Crippen LogP contribution in [0.15, 0.2) is 18.2 Å². The Hall–Kier alpha value is -2.24. The Morgan fingerprint density at radius 3 is 2.62 bits per heavy atom. The second-order valence-corrected chi connectivity index (χ2v) is 7.69. The summed E-state index contributed by atoms with van der Waals surface area (Å²) in [6.45, 7) is 9.15. The molecule has 1 aromatic carbocycles. The van der Waals surface area contributed by atoms with Crippen LogP contribution < -0.4 is 10.1 Å². The first-order valence-corrected chi connectivity index (χ1v) is 7.99. The van der Waals surface area contributed by atoms with Crippen LogP contribution in [0.2, 0.25) is 0 Å². The average molecular weight is 335 g/mol. The number of alkyl carbamates (subject to hydrolysis) is 1. The van der Waals surface area contributed by atoms with E-state index in [-0.39, 0.29) is 12.0 Å². The molecule has 0 fully saturated rings. The van der Waals surface area contributed by atoms with Crippen molar-refractivity contribution in [2.45, 2.75) is 64.7 Å². The smallest absolute Gasteiger partial charge is 0.408 e. The lowest BCUT2D eigenvalue weighted by molar-refractivity contribution is -0.139. The number of hydrogen-bond donors (Lipinski definition) is 2. The predicted octanol–water partition coefficient (Wildman–Crippen LogP) is 2.92. The fraction of sp³-hybridized carbons (Fsp3) is 0.556. The number of nitrogens with one attached hydrogen (secondary N) is 1. The van der Waals surface area contributed by atoms with Crippen LogP contribution in [0.25, 0.3) is 0 Å². The minimum absolute atomic E-state index is 0.133. The predicted molar refractivity (Wildman–Crippen MR) is 89.4 cm³/mol. The third kappa shape index (κ3) is 4.63. The van der Waals surface area contributed by atoms with Gasteiger partial charge in [-0.25, -0.2) is 9.59 Å². The van der Waals surface area contributed by atoms with Gasteiger partial charge in [0.15, 0.2) is 0 Å². The first-order chi connectivity index (χ1) is 11.0. The molecule has 24 heavy (non-hydrogen) atoms. The summed E-state index contributed by atoms with van der Waals surface area (Å²) in [4.78, 5) is 23.4. The number of carboxylic acid groups (broad SMARTS) is 1. The maximum absolute atomic E-state index is 11.9. The van der Waals surface area contributed by atoms with Gasteiger partial charge in [-0.2, -0.15) is 0 Å². The molecule has 6 heteroatoms. The molecule has 1 atom stereocenters. The van der Waals surface area contributed by atoms with E-state index in [0.29, 0.717) is 0 Å². The van der Waals surface area contributed by atoms with Crippen molar-refractivity contribution in [1.29, 1.82) is 0 Å². The van der Waals surface area contributed by atoms with Crippen LogP contribution in [0, 0.1) is 0 Å². The van der Waals surface area contributed by atoms with Crippen LogP contribution in [0.4, 0.5) is 4.79 Å². The standard InChI is InChI=1S/C18H25NO5/c1-17(2,3)24-16(22)19-13(15(20)21)9-11-7-6-8-12-10-18(4,5)23-14(11)12/h6-8,13H,9-10H2,1-5H3,(H,19,22)(H,20,21). The van der Waals surface area contributed by atoms with Crippen molar-refractivity contribution in [1.82, 2.24) is 5.32 Å². The Morgan fingerprint density at radius 2 is 2.04 bits per heavy atom. The van der Waals surface area contributed by atoms with E-state index in [2.05, 4.69) is 5.32 Å². The molecular weight excluding hydrogens is 310 g/mol. The molecule has 0 spiro atoms. The van der Waals surface area contributed by atoms with Crippen molar-refractivity contribution in [3.63, 3.8) is 0 Å². The Kier molecular flexibility index (Phi) is 4.78. The van der Waals surface area contributed by atoms with Gasteiger partial charge in [0.05, 0.1) is 0 Å². The molecule has 0 saturated carbocycles. The zero-order chi connectivity index (χ0) is 18.1. The van der Waals surface area contributed by atoms with Gasteiger partial charge in [-0.15, -0.1) is 0 Å².